The highest BCUT2D eigenvalue weighted by Crippen LogP contribution is 2.51. The minimum absolute atomic E-state index is 0.00560. The summed E-state index contributed by atoms with van der Waals surface area (Å²) in [5, 5.41) is 0. The molecule has 2 heterocycles. The summed E-state index contributed by atoms with van der Waals surface area (Å²) in [7, 11) is 0. The summed E-state index contributed by atoms with van der Waals surface area (Å²) >= 11 is 0. The normalized spacial score (nSPS) is 31.2. The summed E-state index contributed by atoms with van der Waals surface area (Å²) in [6.07, 6.45) is 4.66. The van der Waals surface area contributed by atoms with Crippen molar-refractivity contribution in [1.82, 2.24) is 0 Å². The number of para-hydroxylation sites is 1. The van der Waals surface area contributed by atoms with Crippen LogP contribution in [-0.2, 0) is 10.2 Å². The van der Waals surface area contributed by atoms with Crippen molar-refractivity contribution in [3.8, 4) is 5.75 Å². The number of hydrogen-bond donors (Lipinski definition) is 0. The van der Waals surface area contributed by atoms with Crippen molar-refractivity contribution in [3.63, 3.8) is 0 Å². The summed E-state index contributed by atoms with van der Waals surface area (Å²) in [6.45, 7) is 4.50. The zero-order valence-electron chi connectivity index (χ0n) is 9.94. The van der Waals surface area contributed by atoms with Crippen molar-refractivity contribution in [3.05, 3.63) is 53.3 Å². The minimum atomic E-state index is -0.00560. The molecule has 86 valence electrons. The Labute approximate surface area is 101 Å². The Morgan fingerprint density at radius 1 is 1.18 bits per heavy atom. The Balaban J connectivity index is 1.95. The first kappa shape index (κ1) is 9.49. The van der Waals surface area contributed by atoms with Crippen molar-refractivity contribution in [1.29, 1.82) is 0 Å². The van der Waals surface area contributed by atoms with Crippen LogP contribution in [0.4, 0.5) is 0 Å². The van der Waals surface area contributed by atoms with Crippen LogP contribution in [0.25, 0.3) is 0 Å². The van der Waals surface area contributed by atoms with Gasteiger partial charge in [-0.1, -0.05) is 32.0 Å². The number of rotatable bonds is 0. The van der Waals surface area contributed by atoms with Crippen LogP contribution in [0.3, 0.4) is 0 Å². The summed E-state index contributed by atoms with van der Waals surface area (Å²) < 4.78 is 11.7. The third-order valence-electron chi connectivity index (χ3n) is 3.97. The van der Waals surface area contributed by atoms with Gasteiger partial charge in [-0.2, -0.15) is 0 Å². The fourth-order valence-electron chi connectivity index (χ4n) is 3.00. The third kappa shape index (κ3) is 1.14. The molecule has 1 aromatic rings. The van der Waals surface area contributed by atoms with E-state index in [0.717, 1.165) is 11.5 Å². The van der Waals surface area contributed by atoms with E-state index in [1.807, 2.05) is 12.1 Å². The van der Waals surface area contributed by atoms with Gasteiger partial charge in [-0.25, -0.2) is 0 Å². The maximum absolute atomic E-state index is 5.98. The van der Waals surface area contributed by atoms with Crippen molar-refractivity contribution in [2.45, 2.75) is 31.5 Å². The highest BCUT2D eigenvalue weighted by Gasteiger charge is 2.51. The van der Waals surface area contributed by atoms with E-state index in [0.29, 0.717) is 0 Å². The van der Waals surface area contributed by atoms with E-state index in [1.54, 1.807) is 0 Å². The van der Waals surface area contributed by atoms with Crippen molar-refractivity contribution < 1.29 is 9.47 Å². The fourth-order valence-corrected chi connectivity index (χ4v) is 3.00. The minimum Gasteiger partial charge on any atom is -0.457 e. The SMILES string of the molecule is CC1(C)C2=C(C=CC3OC23)Oc2ccccc21. The Hall–Kier alpha value is -1.54. The number of benzene rings is 1. The number of allylic oxidation sites excluding steroid dienone is 1. The van der Waals surface area contributed by atoms with Crippen LogP contribution < -0.4 is 4.74 Å². The van der Waals surface area contributed by atoms with E-state index >= 15 is 0 Å². The number of fused-ring (bicyclic) bond motifs is 3. The molecule has 1 aromatic carbocycles. The Bertz CT molecular complexity index is 566. The molecule has 2 unspecified atom stereocenters. The van der Waals surface area contributed by atoms with E-state index < -0.39 is 0 Å². The fraction of sp³-hybridized carbons (Fsp3) is 0.333. The molecule has 0 radical (unpaired) electrons. The highest BCUT2D eigenvalue weighted by molar-refractivity contribution is 5.55. The lowest BCUT2D eigenvalue weighted by Gasteiger charge is -2.36. The number of ether oxygens (including phenoxy) is 2. The monoisotopic (exact) mass is 226 g/mol. The van der Waals surface area contributed by atoms with Crippen LogP contribution in [0, 0.1) is 0 Å². The van der Waals surface area contributed by atoms with E-state index in [2.05, 4.69) is 38.1 Å². The quantitative estimate of drug-likeness (QED) is 0.634. The van der Waals surface area contributed by atoms with E-state index in [1.165, 1.54) is 11.1 Å². The molecule has 2 aliphatic heterocycles. The first-order valence-corrected chi connectivity index (χ1v) is 6.03. The van der Waals surface area contributed by atoms with Gasteiger partial charge >= 0.3 is 0 Å². The van der Waals surface area contributed by atoms with Gasteiger partial charge in [0, 0.05) is 16.6 Å². The zero-order valence-corrected chi connectivity index (χ0v) is 9.94. The molecule has 0 spiro atoms. The molecule has 4 rings (SSSR count). The topological polar surface area (TPSA) is 21.8 Å². The molecule has 1 saturated heterocycles. The molecular weight excluding hydrogens is 212 g/mol. The molecule has 0 saturated carbocycles. The lowest BCUT2D eigenvalue weighted by atomic mass is 9.72. The van der Waals surface area contributed by atoms with E-state index in [4.69, 9.17) is 9.47 Å². The second-order valence-electron chi connectivity index (χ2n) is 5.38. The van der Waals surface area contributed by atoms with Gasteiger partial charge in [-0.15, -0.1) is 0 Å². The van der Waals surface area contributed by atoms with E-state index in [9.17, 15) is 0 Å². The number of hydrogen-bond acceptors (Lipinski definition) is 2. The number of epoxide rings is 1. The second-order valence-corrected chi connectivity index (χ2v) is 5.38. The van der Waals surface area contributed by atoms with Crippen LogP contribution in [0.15, 0.2) is 47.7 Å². The van der Waals surface area contributed by atoms with Gasteiger partial charge in [0.1, 0.15) is 23.7 Å². The molecule has 1 fully saturated rings. The highest BCUT2D eigenvalue weighted by atomic mass is 16.6. The van der Waals surface area contributed by atoms with Crippen LogP contribution in [0.2, 0.25) is 0 Å². The zero-order chi connectivity index (χ0) is 11.6. The molecule has 0 N–H and O–H groups in total. The third-order valence-corrected chi connectivity index (χ3v) is 3.97. The Kier molecular flexibility index (Phi) is 1.58. The maximum atomic E-state index is 5.98. The summed E-state index contributed by atoms with van der Waals surface area (Å²) in [5.74, 6) is 1.95. The Morgan fingerprint density at radius 3 is 2.88 bits per heavy atom. The lowest BCUT2D eigenvalue weighted by molar-refractivity contribution is 0.347. The van der Waals surface area contributed by atoms with Crippen molar-refractivity contribution >= 4 is 0 Å². The van der Waals surface area contributed by atoms with Crippen LogP contribution >= 0.6 is 0 Å². The van der Waals surface area contributed by atoms with Crippen molar-refractivity contribution in [2.75, 3.05) is 0 Å². The van der Waals surface area contributed by atoms with Gasteiger partial charge in [-0.05, 0) is 18.2 Å². The van der Waals surface area contributed by atoms with Gasteiger partial charge in [0.2, 0.25) is 0 Å². The molecule has 3 aliphatic rings. The molecule has 2 atom stereocenters. The summed E-state index contributed by atoms with van der Waals surface area (Å²) in [4.78, 5) is 0. The van der Waals surface area contributed by atoms with Gasteiger partial charge in [0.25, 0.3) is 0 Å². The van der Waals surface area contributed by atoms with Gasteiger partial charge in [0.05, 0.1) is 0 Å². The molecule has 1 aliphatic carbocycles. The Morgan fingerprint density at radius 2 is 2.00 bits per heavy atom. The lowest BCUT2D eigenvalue weighted by Crippen LogP contribution is -2.32. The second kappa shape index (κ2) is 2.82. The first-order chi connectivity index (χ1) is 8.18. The predicted molar refractivity (Wildman–Crippen MR) is 64.9 cm³/mol. The molecule has 2 nitrogen and oxygen atoms in total. The molecule has 17 heavy (non-hydrogen) atoms. The van der Waals surface area contributed by atoms with Crippen LogP contribution in [0.5, 0.6) is 5.75 Å². The summed E-state index contributed by atoms with van der Waals surface area (Å²) in [5.41, 5.74) is 2.54. The van der Waals surface area contributed by atoms with E-state index in [-0.39, 0.29) is 17.6 Å². The van der Waals surface area contributed by atoms with Gasteiger partial charge in [-0.3, -0.25) is 0 Å². The van der Waals surface area contributed by atoms with Crippen molar-refractivity contribution in [2.24, 2.45) is 0 Å². The van der Waals surface area contributed by atoms with Crippen LogP contribution in [0.1, 0.15) is 19.4 Å². The molecule has 0 aromatic heterocycles. The molecular formula is C15H14O2. The largest absolute Gasteiger partial charge is 0.457 e. The van der Waals surface area contributed by atoms with Crippen LogP contribution in [-0.4, -0.2) is 12.2 Å². The average Bonchev–Trinajstić information content (AvgIpc) is 3.07. The molecule has 0 bridgehead atoms. The maximum Gasteiger partial charge on any atom is 0.131 e. The smallest absolute Gasteiger partial charge is 0.131 e. The van der Waals surface area contributed by atoms with Gasteiger partial charge < -0.3 is 9.47 Å². The van der Waals surface area contributed by atoms with Gasteiger partial charge in [0.15, 0.2) is 0 Å². The standard InChI is InChI=1S/C15H14O2/c1-15(2)9-5-3-4-6-10(9)16-11-7-8-12-14(17-12)13(11)15/h3-8,12,14H,1-2H3. The summed E-state index contributed by atoms with van der Waals surface area (Å²) in [6, 6.07) is 8.27. The predicted octanol–water partition coefficient (Wildman–Crippen LogP) is 2.95. The first-order valence-electron chi connectivity index (χ1n) is 6.03. The molecule has 2 heteroatoms. The average molecular weight is 226 g/mol. The molecule has 0 amide bonds.